The fourth-order valence-corrected chi connectivity index (χ4v) is 2.91. The first-order valence-electron chi connectivity index (χ1n) is 7.75. The Bertz CT molecular complexity index is 1080. The second-order valence-corrected chi connectivity index (χ2v) is 5.55. The molecular formula is C19H16N2O3. The van der Waals surface area contributed by atoms with Crippen molar-refractivity contribution in [2.75, 3.05) is 13.7 Å². The van der Waals surface area contributed by atoms with Crippen molar-refractivity contribution in [2.45, 2.75) is 6.54 Å². The number of hydrogen-bond acceptors (Lipinski definition) is 4. The molecule has 4 rings (SSSR count). The third-order valence-electron chi connectivity index (χ3n) is 4.06. The molecule has 0 aliphatic carbocycles. The number of fused-ring (bicyclic) bond motifs is 2. The molecule has 0 aliphatic rings. The van der Waals surface area contributed by atoms with Gasteiger partial charge in [0, 0.05) is 19.0 Å². The van der Waals surface area contributed by atoms with Gasteiger partial charge in [0.15, 0.2) is 0 Å². The average Bonchev–Trinajstić information content (AvgIpc) is 2.97. The van der Waals surface area contributed by atoms with E-state index in [0.29, 0.717) is 30.1 Å². The number of para-hydroxylation sites is 3. The van der Waals surface area contributed by atoms with Gasteiger partial charge < -0.3 is 13.7 Å². The summed E-state index contributed by atoms with van der Waals surface area (Å²) in [6.07, 6.45) is 0. The highest BCUT2D eigenvalue weighted by molar-refractivity contribution is 5.84. The van der Waals surface area contributed by atoms with Crippen LogP contribution in [0.5, 0.6) is 0 Å². The Labute approximate surface area is 138 Å². The van der Waals surface area contributed by atoms with E-state index in [9.17, 15) is 4.79 Å². The van der Waals surface area contributed by atoms with Gasteiger partial charge in [-0.1, -0.05) is 30.3 Å². The Hall–Kier alpha value is -2.92. The third kappa shape index (κ3) is 2.39. The minimum atomic E-state index is -0.386. The first kappa shape index (κ1) is 14.7. The number of imidazole rings is 1. The average molecular weight is 320 g/mol. The van der Waals surface area contributed by atoms with Crippen molar-refractivity contribution in [3.63, 3.8) is 0 Å². The molecule has 0 saturated carbocycles. The fraction of sp³-hybridized carbons (Fsp3) is 0.158. The van der Waals surface area contributed by atoms with E-state index in [2.05, 4.69) is 4.98 Å². The van der Waals surface area contributed by atoms with E-state index in [0.717, 1.165) is 16.4 Å². The first-order valence-corrected chi connectivity index (χ1v) is 7.75. The summed E-state index contributed by atoms with van der Waals surface area (Å²) in [5.74, 6) is 0.604. The van der Waals surface area contributed by atoms with Crippen LogP contribution < -0.4 is 5.63 Å². The summed E-state index contributed by atoms with van der Waals surface area (Å²) in [7, 11) is 1.66. The van der Waals surface area contributed by atoms with Crippen LogP contribution >= 0.6 is 0 Å². The van der Waals surface area contributed by atoms with Gasteiger partial charge in [-0.05, 0) is 24.3 Å². The molecule has 5 heteroatoms. The molecule has 2 aromatic heterocycles. The highest BCUT2D eigenvalue weighted by atomic mass is 16.5. The summed E-state index contributed by atoms with van der Waals surface area (Å²) in [6, 6.07) is 17.1. The van der Waals surface area contributed by atoms with E-state index in [-0.39, 0.29) is 5.63 Å². The number of methoxy groups -OCH3 is 1. The summed E-state index contributed by atoms with van der Waals surface area (Å²) in [4.78, 5) is 17.1. The van der Waals surface area contributed by atoms with Gasteiger partial charge in [0.1, 0.15) is 17.0 Å². The normalized spacial score (nSPS) is 11.4. The molecule has 5 nitrogen and oxygen atoms in total. The predicted octanol–water partition coefficient (Wildman–Crippen LogP) is 3.46. The molecule has 2 heterocycles. The van der Waals surface area contributed by atoms with Crippen LogP contribution in [0.25, 0.3) is 33.4 Å². The van der Waals surface area contributed by atoms with Crippen LogP contribution in [0.3, 0.4) is 0 Å². The number of hydrogen-bond donors (Lipinski definition) is 0. The lowest BCUT2D eigenvalue weighted by atomic mass is 10.2. The number of benzene rings is 2. The van der Waals surface area contributed by atoms with E-state index in [4.69, 9.17) is 9.15 Å². The zero-order valence-electron chi connectivity index (χ0n) is 13.2. The molecule has 0 spiro atoms. The van der Waals surface area contributed by atoms with Crippen molar-refractivity contribution in [1.29, 1.82) is 0 Å². The monoisotopic (exact) mass is 320 g/mol. The quantitative estimate of drug-likeness (QED) is 0.540. The molecule has 0 N–H and O–H groups in total. The van der Waals surface area contributed by atoms with E-state index >= 15 is 0 Å². The van der Waals surface area contributed by atoms with Gasteiger partial charge in [0.25, 0.3) is 0 Å². The molecule has 0 amide bonds. The maximum Gasteiger partial charge on any atom is 0.347 e. The zero-order chi connectivity index (χ0) is 16.5. The molecule has 0 aliphatic heterocycles. The van der Waals surface area contributed by atoms with Crippen LogP contribution in [-0.2, 0) is 11.3 Å². The van der Waals surface area contributed by atoms with Crippen molar-refractivity contribution in [3.8, 4) is 11.4 Å². The molecular weight excluding hydrogens is 304 g/mol. The maximum absolute atomic E-state index is 12.5. The lowest BCUT2D eigenvalue weighted by molar-refractivity contribution is 0.188. The van der Waals surface area contributed by atoms with Crippen LogP contribution in [0, 0.1) is 0 Å². The highest BCUT2D eigenvalue weighted by Gasteiger charge is 2.16. The van der Waals surface area contributed by atoms with Crippen LogP contribution in [0.4, 0.5) is 0 Å². The van der Waals surface area contributed by atoms with Crippen molar-refractivity contribution in [1.82, 2.24) is 9.55 Å². The maximum atomic E-state index is 12.5. The standard InChI is InChI=1S/C19H16N2O3/c1-23-11-10-21-16-8-4-3-7-15(16)20-18(21)14-12-13-6-2-5-9-17(13)24-19(14)22/h2-9,12H,10-11H2,1H3. The highest BCUT2D eigenvalue weighted by Crippen LogP contribution is 2.25. The summed E-state index contributed by atoms with van der Waals surface area (Å²) in [6.45, 7) is 1.14. The zero-order valence-corrected chi connectivity index (χ0v) is 13.2. The van der Waals surface area contributed by atoms with E-state index in [1.165, 1.54) is 0 Å². The molecule has 2 aromatic carbocycles. The minimum absolute atomic E-state index is 0.386. The lowest BCUT2D eigenvalue weighted by Crippen LogP contribution is -2.11. The van der Waals surface area contributed by atoms with E-state index in [1.54, 1.807) is 13.2 Å². The SMILES string of the molecule is COCCn1c(-c2cc3ccccc3oc2=O)nc2ccccc21. The smallest absolute Gasteiger partial charge is 0.347 e. The Morgan fingerprint density at radius 2 is 1.92 bits per heavy atom. The van der Waals surface area contributed by atoms with Gasteiger partial charge in [-0.2, -0.15) is 0 Å². The van der Waals surface area contributed by atoms with Gasteiger partial charge >= 0.3 is 5.63 Å². The van der Waals surface area contributed by atoms with E-state index < -0.39 is 0 Å². The molecule has 0 unspecified atom stereocenters. The first-order chi connectivity index (χ1) is 11.8. The summed E-state index contributed by atoms with van der Waals surface area (Å²) in [5.41, 5.74) is 2.46. The summed E-state index contributed by atoms with van der Waals surface area (Å²) >= 11 is 0. The van der Waals surface area contributed by atoms with E-state index in [1.807, 2.05) is 53.1 Å². The largest absolute Gasteiger partial charge is 0.422 e. The van der Waals surface area contributed by atoms with Crippen molar-refractivity contribution in [3.05, 3.63) is 65.0 Å². The molecule has 0 saturated heterocycles. The molecule has 0 atom stereocenters. The topological polar surface area (TPSA) is 57.3 Å². The van der Waals surface area contributed by atoms with Gasteiger partial charge in [0.05, 0.1) is 17.6 Å². The molecule has 0 bridgehead atoms. The van der Waals surface area contributed by atoms with Crippen molar-refractivity contribution < 1.29 is 9.15 Å². The van der Waals surface area contributed by atoms with Crippen LogP contribution in [0.15, 0.2) is 63.8 Å². The second kappa shape index (κ2) is 5.94. The molecule has 4 aromatic rings. The van der Waals surface area contributed by atoms with Crippen molar-refractivity contribution >= 4 is 22.0 Å². The predicted molar refractivity (Wildman–Crippen MR) is 93.1 cm³/mol. The number of nitrogens with zero attached hydrogens (tertiary/aromatic N) is 2. The lowest BCUT2D eigenvalue weighted by Gasteiger charge is -2.08. The fourth-order valence-electron chi connectivity index (χ4n) is 2.91. The molecule has 0 radical (unpaired) electrons. The third-order valence-corrected chi connectivity index (χ3v) is 4.06. The Kier molecular flexibility index (Phi) is 3.63. The number of ether oxygens (including phenoxy) is 1. The van der Waals surface area contributed by atoms with Gasteiger partial charge in [0.2, 0.25) is 0 Å². The Morgan fingerprint density at radius 3 is 2.79 bits per heavy atom. The van der Waals surface area contributed by atoms with Crippen molar-refractivity contribution in [2.24, 2.45) is 0 Å². The number of rotatable bonds is 4. The molecule has 120 valence electrons. The number of aromatic nitrogens is 2. The molecule has 0 fully saturated rings. The van der Waals surface area contributed by atoms with Gasteiger partial charge in [-0.25, -0.2) is 9.78 Å². The summed E-state index contributed by atoms with van der Waals surface area (Å²) in [5, 5.41) is 0.873. The summed E-state index contributed by atoms with van der Waals surface area (Å²) < 4.78 is 12.7. The Morgan fingerprint density at radius 1 is 1.12 bits per heavy atom. The van der Waals surface area contributed by atoms with Crippen LogP contribution in [0.2, 0.25) is 0 Å². The van der Waals surface area contributed by atoms with Gasteiger partial charge in [-0.15, -0.1) is 0 Å². The van der Waals surface area contributed by atoms with Crippen LogP contribution in [-0.4, -0.2) is 23.3 Å². The Balaban J connectivity index is 1.98. The van der Waals surface area contributed by atoms with Crippen LogP contribution in [0.1, 0.15) is 0 Å². The van der Waals surface area contributed by atoms with Gasteiger partial charge in [-0.3, -0.25) is 0 Å². The minimum Gasteiger partial charge on any atom is -0.422 e. The molecule has 24 heavy (non-hydrogen) atoms. The second-order valence-electron chi connectivity index (χ2n) is 5.55.